The molecule has 0 aromatic heterocycles. The van der Waals surface area contributed by atoms with Crippen LogP contribution in [0.4, 0.5) is 0 Å². The minimum absolute atomic E-state index is 0.0445. The van der Waals surface area contributed by atoms with Crippen molar-refractivity contribution in [3.8, 4) is 0 Å². The van der Waals surface area contributed by atoms with E-state index in [9.17, 15) is 13.2 Å². The zero-order chi connectivity index (χ0) is 16.5. The Balaban J connectivity index is 2.40. The van der Waals surface area contributed by atoms with Crippen molar-refractivity contribution in [2.45, 2.75) is 37.6 Å². The van der Waals surface area contributed by atoms with E-state index in [1.54, 1.807) is 0 Å². The highest BCUT2D eigenvalue weighted by molar-refractivity contribution is 7.89. The van der Waals surface area contributed by atoms with Crippen LogP contribution in [0.2, 0.25) is 5.02 Å². The van der Waals surface area contributed by atoms with E-state index >= 15 is 0 Å². The van der Waals surface area contributed by atoms with Gasteiger partial charge >= 0.3 is 0 Å². The normalized spacial score (nSPS) is 19.0. The quantitative estimate of drug-likeness (QED) is 0.912. The van der Waals surface area contributed by atoms with Crippen LogP contribution in [0.5, 0.6) is 0 Å². The van der Waals surface area contributed by atoms with Crippen LogP contribution < -0.4 is 4.72 Å². The molecule has 1 amide bonds. The number of likely N-dealkylation sites (tertiary alicyclic amines) is 1. The number of nitrogens with zero attached hydrogens (tertiary/aromatic N) is 1. The predicted molar refractivity (Wildman–Crippen MR) is 86.6 cm³/mol. The third-order valence-corrected chi connectivity index (χ3v) is 5.82. The molecule has 122 valence electrons. The number of benzene rings is 1. The average molecular weight is 345 g/mol. The highest BCUT2D eigenvalue weighted by Crippen LogP contribution is 2.28. The molecule has 1 N–H and O–H groups in total. The molecule has 1 aromatic rings. The number of amides is 1. The van der Waals surface area contributed by atoms with Gasteiger partial charge in [0.05, 0.1) is 15.5 Å². The van der Waals surface area contributed by atoms with Crippen molar-refractivity contribution in [1.82, 2.24) is 9.62 Å². The number of sulfonamides is 1. The molecule has 2 rings (SSSR count). The van der Waals surface area contributed by atoms with Gasteiger partial charge in [-0.05, 0) is 44.0 Å². The molecule has 0 unspecified atom stereocenters. The van der Waals surface area contributed by atoms with Crippen LogP contribution in [0.25, 0.3) is 0 Å². The van der Waals surface area contributed by atoms with Gasteiger partial charge in [-0.3, -0.25) is 4.79 Å². The SMILES string of the molecule is CNS(=O)(=O)c1ccc(Cl)c(C(=O)N2CCC[C@@H]2C(C)C)c1. The Morgan fingerprint density at radius 2 is 2.09 bits per heavy atom. The summed E-state index contributed by atoms with van der Waals surface area (Å²) < 4.78 is 26.0. The van der Waals surface area contributed by atoms with Gasteiger partial charge in [0.2, 0.25) is 10.0 Å². The summed E-state index contributed by atoms with van der Waals surface area (Å²) in [6.45, 7) is 4.85. The van der Waals surface area contributed by atoms with E-state index in [4.69, 9.17) is 11.6 Å². The van der Waals surface area contributed by atoms with Crippen molar-refractivity contribution in [1.29, 1.82) is 0 Å². The largest absolute Gasteiger partial charge is 0.335 e. The van der Waals surface area contributed by atoms with Crippen LogP contribution in [0.1, 0.15) is 37.0 Å². The maximum absolute atomic E-state index is 12.8. The van der Waals surface area contributed by atoms with E-state index < -0.39 is 10.0 Å². The summed E-state index contributed by atoms with van der Waals surface area (Å²) in [5, 5.41) is 0.273. The van der Waals surface area contributed by atoms with Crippen molar-refractivity contribution >= 4 is 27.5 Å². The van der Waals surface area contributed by atoms with Gasteiger partial charge in [0.25, 0.3) is 5.91 Å². The molecule has 22 heavy (non-hydrogen) atoms. The summed E-state index contributed by atoms with van der Waals surface area (Å²) in [4.78, 5) is 14.6. The molecule has 0 aliphatic carbocycles. The molecule has 5 nitrogen and oxygen atoms in total. The van der Waals surface area contributed by atoms with Gasteiger partial charge in [-0.25, -0.2) is 13.1 Å². The monoisotopic (exact) mass is 344 g/mol. The fourth-order valence-electron chi connectivity index (χ4n) is 2.85. The van der Waals surface area contributed by atoms with Gasteiger partial charge in [0, 0.05) is 12.6 Å². The lowest BCUT2D eigenvalue weighted by Crippen LogP contribution is -2.38. The van der Waals surface area contributed by atoms with E-state index in [-0.39, 0.29) is 27.4 Å². The lowest BCUT2D eigenvalue weighted by atomic mass is 10.0. The number of halogens is 1. The summed E-state index contributed by atoms with van der Waals surface area (Å²) in [7, 11) is -2.27. The highest BCUT2D eigenvalue weighted by Gasteiger charge is 2.32. The Hall–Kier alpha value is -1.11. The first-order valence-corrected chi connectivity index (χ1v) is 9.18. The van der Waals surface area contributed by atoms with Gasteiger partial charge in [0.1, 0.15) is 0 Å². The molecular formula is C15H21ClN2O3S. The van der Waals surface area contributed by atoms with Crippen LogP contribution in [0.15, 0.2) is 23.1 Å². The minimum atomic E-state index is -3.60. The standard InChI is InChI=1S/C15H21ClN2O3S/c1-10(2)14-5-4-8-18(14)15(19)12-9-11(6-7-13(12)16)22(20,21)17-3/h6-7,9-10,14,17H,4-5,8H2,1-3H3/t14-/m1/s1. The molecule has 0 saturated carbocycles. The average Bonchev–Trinajstić information content (AvgIpc) is 2.96. The second-order valence-corrected chi connectivity index (χ2v) is 8.10. The van der Waals surface area contributed by atoms with Crippen molar-refractivity contribution in [3.05, 3.63) is 28.8 Å². The molecule has 0 bridgehead atoms. The Morgan fingerprint density at radius 1 is 1.41 bits per heavy atom. The Kier molecular flexibility index (Phi) is 5.14. The molecule has 1 saturated heterocycles. The van der Waals surface area contributed by atoms with E-state index in [0.717, 1.165) is 12.8 Å². The molecule has 7 heteroatoms. The van der Waals surface area contributed by atoms with Crippen LogP contribution in [-0.4, -0.2) is 38.9 Å². The fourth-order valence-corrected chi connectivity index (χ4v) is 3.80. The fraction of sp³-hybridized carbons (Fsp3) is 0.533. The lowest BCUT2D eigenvalue weighted by molar-refractivity contribution is 0.0701. The molecule has 1 heterocycles. The number of hydrogen-bond donors (Lipinski definition) is 1. The maximum atomic E-state index is 12.8. The number of carbonyl (C=O) groups excluding carboxylic acids is 1. The zero-order valence-electron chi connectivity index (χ0n) is 13.0. The molecule has 1 aliphatic rings. The van der Waals surface area contributed by atoms with Crippen molar-refractivity contribution in [2.75, 3.05) is 13.6 Å². The number of rotatable bonds is 4. The van der Waals surface area contributed by atoms with Gasteiger partial charge in [-0.1, -0.05) is 25.4 Å². The van der Waals surface area contributed by atoms with Crippen molar-refractivity contribution in [3.63, 3.8) is 0 Å². The predicted octanol–water partition coefficient (Wildman–Crippen LogP) is 2.51. The summed E-state index contributed by atoms with van der Waals surface area (Å²) in [6.07, 6.45) is 1.93. The molecule has 1 aromatic carbocycles. The Morgan fingerprint density at radius 3 is 2.68 bits per heavy atom. The summed E-state index contributed by atoms with van der Waals surface area (Å²) >= 11 is 6.13. The summed E-state index contributed by atoms with van der Waals surface area (Å²) in [5.74, 6) is 0.156. The minimum Gasteiger partial charge on any atom is -0.335 e. The molecule has 0 spiro atoms. The first kappa shape index (κ1) is 17.2. The first-order chi connectivity index (χ1) is 10.3. The summed E-state index contributed by atoms with van der Waals surface area (Å²) in [6, 6.07) is 4.38. The van der Waals surface area contributed by atoms with Gasteiger partial charge in [-0.2, -0.15) is 0 Å². The van der Waals surface area contributed by atoms with Gasteiger partial charge in [0.15, 0.2) is 0 Å². The molecule has 1 atom stereocenters. The van der Waals surface area contributed by atoms with Crippen molar-refractivity contribution in [2.24, 2.45) is 5.92 Å². The topological polar surface area (TPSA) is 66.5 Å². The first-order valence-electron chi connectivity index (χ1n) is 7.32. The van der Waals surface area contributed by atoms with Crippen molar-refractivity contribution < 1.29 is 13.2 Å². The van der Waals surface area contributed by atoms with E-state index in [2.05, 4.69) is 18.6 Å². The molecular weight excluding hydrogens is 324 g/mol. The van der Waals surface area contributed by atoms with Gasteiger partial charge < -0.3 is 4.90 Å². The second kappa shape index (κ2) is 6.56. The van der Waals surface area contributed by atoms with E-state index in [0.29, 0.717) is 12.5 Å². The highest BCUT2D eigenvalue weighted by atomic mass is 35.5. The zero-order valence-corrected chi connectivity index (χ0v) is 14.5. The molecule has 1 fully saturated rings. The van der Waals surface area contributed by atoms with Gasteiger partial charge in [-0.15, -0.1) is 0 Å². The van der Waals surface area contributed by atoms with E-state index in [1.807, 2.05) is 4.90 Å². The number of hydrogen-bond acceptors (Lipinski definition) is 3. The summed E-state index contributed by atoms with van der Waals surface area (Å²) in [5.41, 5.74) is 0.241. The second-order valence-electron chi connectivity index (χ2n) is 5.80. The van der Waals surface area contributed by atoms with Crippen LogP contribution in [0.3, 0.4) is 0 Å². The van der Waals surface area contributed by atoms with Crippen LogP contribution in [0, 0.1) is 5.92 Å². The van der Waals surface area contributed by atoms with Crippen LogP contribution >= 0.6 is 11.6 Å². The lowest BCUT2D eigenvalue weighted by Gasteiger charge is -2.28. The Bertz CT molecular complexity index is 673. The third kappa shape index (κ3) is 3.29. The van der Waals surface area contributed by atoms with Crippen LogP contribution in [-0.2, 0) is 10.0 Å². The smallest absolute Gasteiger partial charge is 0.255 e. The number of carbonyl (C=O) groups is 1. The van der Waals surface area contributed by atoms with E-state index in [1.165, 1.54) is 25.2 Å². The number of nitrogens with one attached hydrogen (secondary N) is 1. The Labute approximate surface area is 136 Å². The molecule has 1 aliphatic heterocycles. The molecule has 0 radical (unpaired) electrons. The third-order valence-electron chi connectivity index (χ3n) is 4.08. The maximum Gasteiger partial charge on any atom is 0.255 e.